The molecule has 0 N–H and O–H groups in total. The number of amides is 1. The standard InChI is InChI=1S/C12H13Cl2NO3/c1-17-11-9(14)5-4-8(13)10(11)12(16)15-6-2-3-7-18-15/h4-5H,2-3,6-7H2,1H3. The Hall–Kier alpha value is -0.970. The minimum atomic E-state index is -0.320. The molecule has 1 saturated heterocycles. The highest BCUT2D eigenvalue weighted by Gasteiger charge is 2.26. The summed E-state index contributed by atoms with van der Waals surface area (Å²) in [7, 11) is 1.45. The summed E-state index contributed by atoms with van der Waals surface area (Å²) < 4.78 is 5.15. The van der Waals surface area contributed by atoms with E-state index < -0.39 is 0 Å². The van der Waals surface area contributed by atoms with E-state index in [9.17, 15) is 4.79 Å². The second kappa shape index (κ2) is 5.78. The largest absolute Gasteiger partial charge is 0.494 e. The van der Waals surface area contributed by atoms with Gasteiger partial charge < -0.3 is 4.74 Å². The number of nitrogens with zero attached hydrogens (tertiary/aromatic N) is 1. The van der Waals surface area contributed by atoms with E-state index in [-0.39, 0.29) is 17.2 Å². The van der Waals surface area contributed by atoms with Crippen molar-refractivity contribution in [1.82, 2.24) is 5.06 Å². The van der Waals surface area contributed by atoms with Crippen molar-refractivity contribution in [2.24, 2.45) is 0 Å². The van der Waals surface area contributed by atoms with E-state index in [0.717, 1.165) is 12.8 Å². The lowest BCUT2D eigenvalue weighted by molar-refractivity contribution is -0.144. The van der Waals surface area contributed by atoms with Gasteiger partial charge in [0.2, 0.25) is 0 Å². The molecule has 1 heterocycles. The van der Waals surface area contributed by atoms with Crippen LogP contribution in [0.25, 0.3) is 0 Å². The van der Waals surface area contributed by atoms with Crippen LogP contribution in [0.4, 0.5) is 0 Å². The van der Waals surface area contributed by atoms with Crippen LogP contribution < -0.4 is 4.74 Å². The molecule has 1 aromatic rings. The first-order valence-corrected chi connectivity index (χ1v) is 6.37. The summed E-state index contributed by atoms with van der Waals surface area (Å²) in [6, 6.07) is 3.17. The summed E-state index contributed by atoms with van der Waals surface area (Å²) in [6.07, 6.45) is 1.86. The Kier molecular flexibility index (Phi) is 4.32. The van der Waals surface area contributed by atoms with Gasteiger partial charge >= 0.3 is 0 Å². The quantitative estimate of drug-likeness (QED) is 0.839. The number of halogens is 2. The van der Waals surface area contributed by atoms with Gasteiger partial charge in [0.25, 0.3) is 5.91 Å². The van der Waals surface area contributed by atoms with Gasteiger partial charge in [-0.25, -0.2) is 5.06 Å². The van der Waals surface area contributed by atoms with Crippen LogP contribution in [0.3, 0.4) is 0 Å². The number of benzene rings is 1. The Morgan fingerprint density at radius 3 is 2.67 bits per heavy atom. The van der Waals surface area contributed by atoms with E-state index in [0.29, 0.717) is 23.2 Å². The zero-order valence-corrected chi connectivity index (χ0v) is 11.4. The molecule has 0 bridgehead atoms. The molecule has 1 fully saturated rings. The van der Waals surface area contributed by atoms with E-state index in [1.54, 1.807) is 12.1 Å². The summed E-state index contributed by atoms with van der Waals surface area (Å²) in [4.78, 5) is 17.6. The molecule has 18 heavy (non-hydrogen) atoms. The number of ether oxygens (including phenoxy) is 1. The van der Waals surface area contributed by atoms with Gasteiger partial charge in [0.15, 0.2) is 5.75 Å². The number of carbonyl (C=O) groups excluding carboxylic acids is 1. The maximum absolute atomic E-state index is 12.3. The van der Waals surface area contributed by atoms with Crippen LogP contribution in [-0.4, -0.2) is 31.2 Å². The van der Waals surface area contributed by atoms with E-state index in [2.05, 4.69) is 0 Å². The lowest BCUT2D eigenvalue weighted by Gasteiger charge is -2.26. The van der Waals surface area contributed by atoms with Crippen LogP contribution in [0.2, 0.25) is 10.0 Å². The third-order valence-electron chi connectivity index (χ3n) is 2.71. The Labute approximate surface area is 115 Å². The smallest absolute Gasteiger partial charge is 0.282 e. The average molecular weight is 290 g/mol. The molecule has 6 heteroatoms. The van der Waals surface area contributed by atoms with Gasteiger partial charge in [0.1, 0.15) is 5.56 Å². The van der Waals surface area contributed by atoms with Crippen molar-refractivity contribution >= 4 is 29.1 Å². The van der Waals surface area contributed by atoms with Crippen molar-refractivity contribution in [3.05, 3.63) is 27.7 Å². The predicted octanol–water partition coefficient (Wildman–Crippen LogP) is 3.17. The number of hydrogen-bond donors (Lipinski definition) is 0. The second-order valence-corrected chi connectivity index (χ2v) is 4.70. The molecule has 1 aliphatic heterocycles. The monoisotopic (exact) mass is 289 g/mol. The van der Waals surface area contributed by atoms with Crippen molar-refractivity contribution in [2.45, 2.75) is 12.8 Å². The van der Waals surface area contributed by atoms with E-state index in [1.807, 2.05) is 0 Å². The van der Waals surface area contributed by atoms with Crippen molar-refractivity contribution < 1.29 is 14.4 Å². The Balaban J connectivity index is 2.36. The Bertz CT molecular complexity index is 459. The molecule has 2 rings (SSSR count). The Morgan fingerprint density at radius 1 is 1.33 bits per heavy atom. The van der Waals surface area contributed by atoms with Crippen LogP contribution in [0.1, 0.15) is 23.2 Å². The minimum Gasteiger partial charge on any atom is -0.494 e. The molecule has 0 spiro atoms. The highest BCUT2D eigenvalue weighted by molar-refractivity contribution is 6.37. The lowest BCUT2D eigenvalue weighted by Crippen LogP contribution is -2.36. The first-order chi connectivity index (χ1) is 8.65. The second-order valence-electron chi connectivity index (χ2n) is 3.89. The van der Waals surface area contributed by atoms with Gasteiger partial charge in [-0.2, -0.15) is 0 Å². The Morgan fingerprint density at radius 2 is 2.06 bits per heavy atom. The topological polar surface area (TPSA) is 38.8 Å². The van der Waals surface area contributed by atoms with Gasteiger partial charge in [-0.05, 0) is 25.0 Å². The molecular weight excluding hydrogens is 277 g/mol. The van der Waals surface area contributed by atoms with Gasteiger partial charge in [-0.1, -0.05) is 23.2 Å². The maximum Gasteiger partial charge on any atom is 0.282 e. The molecule has 4 nitrogen and oxygen atoms in total. The van der Waals surface area contributed by atoms with E-state index in [4.69, 9.17) is 32.8 Å². The van der Waals surface area contributed by atoms with Crippen molar-refractivity contribution in [2.75, 3.05) is 20.3 Å². The van der Waals surface area contributed by atoms with Crippen LogP contribution in [0.5, 0.6) is 5.75 Å². The predicted molar refractivity (Wildman–Crippen MR) is 69.2 cm³/mol. The third-order valence-corrected chi connectivity index (χ3v) is 3.32. The van der Waals surface area contributed by atoms with Crippen LogP contribution in [-0.2, 0) is 4.84 Å². The molecule has 0 atom stereocenters. The van der Waals surface area contributed by atoms with Crippen molar-refractivity contribution in [1.29, 1.82) is 0 Å². The minimum absolute atomic E-state index is 0.244. The molecule has 0 saturated carbocycles. The lowest BCUT2D eigenvalue weighted by atomic mass is 10.1. The van der Waals surface area contributed by atoms with Crippen molar-refractivity contribution in [3.8, 4) is 5.75 Å². The first-order valence-electron chi connectivity index (χ1n) is 5.62. The molecule has 0 aliphatic carbocycles. The molecular formula is C12H13Cl2NO3. The fraction of sp³-hybridized carbons (Fsp3) is 0.417. The highest BCUT2D eigenvalue weighted by Crippen LogP contribution is 2.35. The maximum atomic E-state index is 12.3. The highest BCUT2D eigenvalue weighted by atomic mass is 35.5. The fourth-order valence-corrected chi connectivity index (χ4v) is 2.28. The van der Waals surface area contributed by atoms with E-state index in [1.165, 1.54) is 12.2 Å². The van der Waals surface area contributed by atoms with Crippen LogP contribution in [0, 0.1) is 0 Å². The fourth-order valence-electron chi connectivity index (χ4n) is 1.81. The van der Waals surface area contributed by atoms with Gasteiger partial charge in [-0.3, -0.25) is 9.63 Å². The first kappa shape index (κ1) is 13.5. The number of hydrogen-bond acceptors (Lipinski definition) is 3. The zero-order chi connectivity index (χ0) is 13.1. The van der Waals surface area contributed by atoms with E-state index >= 15 is 0 Å². The summed E-state index contributed by atoms with van der Waals surface area (Å²) in [5.41, 5.74) is 0.244. The molecule has 0 unspecified atom stereocenters. The summed E-state index contributed by atoms with van der Waals surface area (Å²) >= 11 is 12.0. The van der Waals surface area contributed by atoms with Gasteiger partial charge in [-0.15, -0.1) is 0 Å². The summed E-state index contributed by atoms with van der Waals surface area (Å²) in [5.74, 6) is -0.0395. The normalized spacial score (nSPS) is 15.6. The molecule has 0 aromatic heterocycles. The van der Waals surface area contributed by atoms with Gasteiger partial charge in [0.05, 0.1) is 23.8 Å². The van der Waals surface area contributed by atoms with Gasteiger partial charge in [0, 0.05) is 6.54 Å². The molecule has 0 radical (unpaired) electrons. The zero-order valence-electron chi connectivity index (χ0n) is 9.91. The number of hydroxylamine groups is 2. The SMILES string of the molecule is COc1c(Cl)ccc(Cl)c1C(=O)N1CCCCO1. The van der Waals surface area contributed by atoms with Crippen molar-refractivity contribution in [3.63, 3.8) is 0 Å². The third kappa shape index (κ3) is 2.55. The average Bonchev–Trinajstić information content (AvgIpc) is 2.41. The summed E-state index contributed by atoms with van der Waals surface area (Å²) in [5, 5.41) is 1.96. The van der Waals surface area contributed by atoms with Crippen LogP contribution >= 0.6 is 23.2 Å². The summed E-state index contributed by atoms with van der Waals surface area (Å²) in [6.45, 7) is 1.08. The molecule has 1 amide bonds. The number of carbonyl (C=O) groups is 1. The molecule has 1 aromatic carbocycles. The molecule has 98 valence electrons. The van der Waals surface area contributed by atoms with Crippen LogP contribution in [0.15, 0.2) is 12.1 Å². The molecule has 1 aliphatic rings. The number of methoxy groups -OCH3 is 1. The number of rotatable bonds is 2.